The molecule has 2 aromatic carbocycles. The van der Waals surface area contributed by atoms with Crippen molar-refractivity contribution in [3.63, 3.8) is 0 Å². The molecule has 3 rings (SSSR count). The maximum absolute atomic E-state index is 12.9. The van der Waals surface area contributed by atoms with Crippen LogP contribution >= 0.6 is 15.9 Å². The number of nitrogens with zero attached hydrogens (tertiary/aromatic N) is 1. The maximum atomic E-state index is 12.9. The minimum absolute atomic E-state index is 0.0194. The molecule has 0 saturated carbocycles. The van der Waals surface area contributed by atoms with Gasteiger partial charge in [-0.1, -0.05) is 47.0 Å². The monoisotopic (exact) mass is 395 g/mol. The molecule has 1 aliphatic rings. The van der Waals surface area contributed by atoms with Crippen LogP contribution in [0.4, 0.5) is 5.69 Å². The summed E-state index contributed by atoms with van der Waals surface area (Å²) in [5, 5.41) is 0. The Bertz CT molecular complexity index is 880. The summed E-state index contributed by atoms with van der Waals surface area (Å²) in [4.78, 5) is 14.8. The summed E-state index contributed by atoms with van der Waals surface area (Å²) in [6.07, 6.45) is 8.08. The molecule has 0 radical (unpaired) electrons. The summed E-state index contributed by atoms with van der Waals surface area (Å²) in [5.41, 5.74) is 3.40. The number of rotatable bonds is 5. The van der Waals surface area contributed by atoms with Gasteiger partial charge in [0.15, 0.2) is 0 Å². The van der Waals surface area contributed by atoms with Gasteiger partial charge >= 0.3 is 0 Å². The Morgan fingerprint density at radius 2 is 2.08 bits per heavy atom. The van der Waals surface area contributed by atoms with Crippen LogP contribution in [-0.4, -0.2) is 19.1 Å². The number of ether oxygens (including phenoxy) is 1. The van der Waals surface area contributed by atoms with Gasteiger partial charge in [0.05, 0.1) is 5.69 Å². The van der Waals surface area contributed by atoms with E-state index in [1.54, 1.807) is 0 Å². The van der Waals surface area contributed by atoms with Crippen LogP contribution in [0.25, 0.3) is 11.6 Å². The number of halogens is 1. The van der Waals surface area contributed by atoms with Crippen molar-refractivity contribution in [3.05, 3.63) is 58.1 Å². The number of carbonyl (C=O) groups excluding carboxylic acids is 1. The zero-order valence-corrected chi connectivity index (χ0v) is 15.5. The van der Waals surface area contributed by atoms with Crippen molar-refractivity contribution in [2.24, 2.45) is 0 Å². The molecule has 3 nitrogen and oxygen atoms in total. The largest absolute Gasteiger partial charge is 0.480 e. The van der Waals surface area contributed by atoms with Crippen molar-refractivity contribution in [2.45, 2.75) is 13.3 Å². The van der Waals surface area contributed by atoms with E-state index in [9.17, 15) is 4.79 Å². The second-order valence-electron chi connectivity index (χ2n) is 5.71. The van der Waals surface area contributed by atoms with Crippen LogP contribution in [-0.2, 0) is 4.79 Å². The number of terminal acetylenes is 1. The van der Waals surface area contributed by atoms with Crippen LogP contribution in [0.15, 0.2) is 46.9 Å². The third kappa shape index (κ3) is 3.47. The molecule has 0 saturated heterocycles. The van der Waals surface area contributed by atoms with Gasteiger partial charge in [0.25, 0.3) is 5.91 Å². The first-order chi connectivity index (χ1) is 12.2. The number of hydrogen-bond donors (Lipinski definition) is 0. The number of fused-ring (bicyclic) bond motifs is 1. The zero-order valence-electron chi connectivity index (χ0n) is 14.0. The summed E-state index contributed by atoms with van der Waals surface area (Å²) in [7, 11) is 0. The van der Waals surface area contributed by atoms with E-state index in [0.29, 0.717) is 17.9 Å². The predicted octanol–water partition coefficient (Wildman–Crippen LogP) is 4.76. The molecule has 0 aromatic heterocycles. The lowest BCUT2D eigenvalue weighted by molar-refractivity contribution is -0.113. The van der Waals surface area contributed by atoms with Gasteiger partial charge in [0.2, 0.25) is 0 Å². The van der Waals surface area contributed by atoms with Gasteiger partial charge in [-0.05, 0) is 36.8 Å². The quantitative estimate of drug-likeness (QED) is 0.539. The molecule has 1 amide bonds. The maximum Gasteiger partial charge on any atom is 0.258 e. The van der Waals surface area contributed by atoms with E-state index < -0.39 is 0 Å². The van der Waals surface area contributed by atoms with Crippen LogP contribution in [0.1, 0.15) is 24.5 Å². The first-order valence-electron chi connectivity index (χ1n) is 8.14. The summed E-state index contributed by atoms with van der Waals surface area (Å²) in [5.74, 6) is 3.15. The van der Waals surface area contributed by atoms with Gasteiger partial charge in [-0.25, -0.2) is 0 Å². The fourth-order valence-electron chi connectivity index (χ4n) is 2.93. The van der Waals surface area contributed by atoms with Gasteiger partial charge in [-0.15, -0.1) is 6.42 Å². The average Bonchev–Trinajstić information content (AvgIpc) is 2.87. The van der Waals surface area contributed by atoms with E-state index in [1.807, 2.05) is 53.4 Å². The van der Waals surface area contributed by atoms with Gasteiger partial charge in [0.1, 0.15) is 12.4 Å². The van der Waals surface area contributed by atoms with E-state index in [2.05, 4.69) is 28.8 Å². The second kappa shape index (κ2) is 7.58. The Hall–Kier alpha value is -2.51. The zero-order chi connectivity index (χ0) is 17.8. The Kier molecular flexibility index (Phi) is 5.25. The minimum atomic E-state index is 0.0194. The van der Waals surface area contributed by atoms with Crippen LogP contribution in [0.2, 0.25) is 0 Å². The molecular weight excluding hydrogens is 378 g/mol. The topological polar surface area (TPSA) is 29.5 Å². The van der Waals surface area contributed by atoms with Crippen molar-refractivity contribution in [1.29, 1.82) is 0 Å². The fraction of sp³-hybridized carbons (Fsp3) is 0.190. The number of hydrogen-bond acceptors (Lipinski definition) is 2. The Morgan fingerprint density at radius 1 is 1.28 bits per heavy atom. The summed E-state index contributed by atoms with van der Waals surface area (Å²) in [6, 6.07) is 13.5. The van der Waals surface area contributed by atoms with Crippen LogP contribution < -0.4 is 9.64 Å². The van der Waals surface area contributed by atoms with Gasteiger partial charge in [-0.3, -0.25) is 4.79 Å². The highest BCUT2D eigenvalue weighted by Crippen LogP contribution is 2.39. The van der Waals surface area contributed by atoms with Crippen molar-refractivity contribution in [3.8, 4) is 18.1 Å². The Labute approximate surface area is 156 Å². The molecule has 0 aliphatic carbocycles. The lowest BCUT2D eigenvalue weighted by Crippen LogP contribution is -2.26. The first-order valence-corrected chi connectivity index (χ1v) is 8.93. The molecule has 0 atom stereocenters. The van der Waals surface area contributed by atoms with Crippen molar-refractivity contribution in [2.75, 3.05) is 18.1 Å². The Morgan fingerprint density at radius 3 is 2.84 bits per heavy atom. The lowest BCUT2D eigenvalue weighted by atomic mass is 10.0. The number of carbonyl (C=O) groups is 1. The summed E-state index contributed by atoms with van der Waals surface area (Å²) >= 11 is 3.48. The van der Waals surface area contributed by atoms with E-state index in [4.69, 9.17) is 11.2 Å². The van der Waals surface area contributed by atoms with Gasteiger partial charge in [-0.2, -0.15) is 0 Å². The molecule has 1 heterocycles. The SMILES string of the molecule is C#CCOc1ccc(Br)cc1/C=C1\C(=O)N(CCC)c2ccccc21. The fourth-order valence-corrected chi connectivity index (χ4v) is 3.31. The van der Waals surface area contributed by atoms with Crippen LogP contribution in [0.3, 0.4) is 0 Å². The lowest BCUT2D eigenvalue weighted by Gasteiger charge is -2.15. The van der Waals surface area contributed by atoms with E-state index >= 15 is 0 Å². The molecule has 126 valence electrons. The number of para-hydroxylation sites is 1. The molecule has 0 bridgehead atoms. The second-order valence-corrected chi connectivity index (χ2v) is 6.62. The third-order valence-electron chi connectivity index (χ3n) is 3.99. The highest BCUT2D eigenvalue weighted by atomic mass is 79.9. The number of benzene rings is 2. The predicted molar refractivity (Wildman–Crippen MR) is 105 cm³/mol. The van der Waals surface area contributed by atoms with Gasteiger partial charge < -0.3 is 9.64 Å². The molecule has 2 aromatic rings. The first kappa shape index (κ1) is 17.3. The van der Waals surface area contributed by atoms with Crippen molar-refractivity contribution < 1.29 is 9.53 Å². The highest BCUT2D eigenvalue weighted by Gasteiger charge is 2.31. The molecule has 25 heavy (non-hydrogen) atoms. The summed E-state index contributed by atoms with van der Waals surface area (Å²) < 4.78 is 6.54. The number of amides is 1. The standard InChI is InChI=1S/C21H18BrNO2/c1-3-11-23-19-8-6-5-7-17(19)18(21(23)24)14-15-13-16(22)9-10-20(15)25-12-4-2/h2,5-10,13-14H,3,11-12H2,1H3/b18-14-. The van der Waals surface area contributed by atoms with Crippen LogP contribution in [0.5, 0.6) is 5.75 Å². The smallest absolute Gasteiger partial charge is 0.258 e. The van der Waals surface area contributed by atoms with E-state index in [-0.39, 0.29) is 12.5 Å². The van der Waals surface area contributed by atoms with E-state index in [0.717, 1.165) is 27.7 Å². The van der Waals surface area contributed by atoms with Crippen LogP contribution in [0, 0.1) is 12.3 Å². The Balaban J connectivity index is 2.09. The van der Waals surface area contributed by atoms with E-state index in [1.165, 1.54) is 0 Å². The van der Waals surface area contributed by atoms with Crippen molar-refractivity contribution >= 4 is 39.2 Å². The minimum Gasteiger partial charge on any atom is -0.480 e. The molecule has 4 heteroatoms. The van der Waals surface area contributed by atoms with Crippen molar-refractivity contribution in [1.82, 2.24) is 0 Å². The molecule has 1 aliphatic heterocycles. The summed E-state index contributed by atoms with van der Waals surface area (Å²) in [6.45, 7) is 2.95. The molecule has 0 unspecified atom stereocenters. The highest BCUT2D eigenvalue weighted by molar-refractivity contribution is 9.10. The molecule has 0 N–H and O–H groups in total. The average molecular weight is 396 g/mol. The van der Waals surface area contributed by atoms with Gasteiger partial charge in [0, 0.05) is 27.7 Å². The normalized spacial score (nSPS) is 14.5. The third-order valence-corrected chi connectivity index (χ3v) is 4.48. The number of anilines is 1. The molecular formula is C21H18BrNO2. The molecule has 0 spiro atoms. The molecule has 0 fully saturated rings.